The van der Waals surface area contributed by atoms with Crippen LogP contribution >= 0.6 is 0 Å². The lowest BCUT2D eigenvalue weighted by Crippen LogP contribution is -2.45. The second-order valence-electron chi connectivity index (χ2n) is 23.5. The van der Waals surface area contributed by atoms with Gasteiger partial charge in [0.25, 0.3) is 0 Å². The zero-order valence-corrected chi connectivity index (χ0v) is 50.8. The van der Waals surface area contributed by atoms with Crippen LogP contribution in [-0.2, 0) is 14.3 Å². The van der Waals surface area contributed by atoms with Crippen molar-refractivity contribution in [3.05, 3.63) is 24.3 Å². The second-order valence-corrected chi connectivity index (χ2v) is 23.5. The lowest BCUT2D eigenvalue weighted by Gasteiger charge is -2.22. The number of nitrogens with one attached hydrogen (secondary N) is 1. The Hall–Kier alpha value is -1.66. The fraction of sp³-hybridized carbons (Fsp3) is 0.913. The van der Waals surface area contributed by atoms with Crippen molar-refractivity contribution in [2.24, 2.45) is 0 Å². The van der Waals surface area contributed by atoms with Gasteiger partial charge in [0, 0.05) is 12.8 Å². The molecule has 0 heterocycles. The van der Waals surface area contributed by atoms with E-state index in [9.17, 15) is 19.8 Å². The van der Waals surface area contributed by atoms with Gasteiger partial charge in [0.15, 0.2) is 0 Å². The van der Waals surface area contributed by atoms with Gasteiger partial charge in [0.2, 0.25) is 5.91 Å². The van der Waals surface area contributed by atoms with Crippen LogP contribution in [-0.4, -0.2) is 47.4 Å². The van der Waals surface area contributed by atoms with Crippen molar-refractivity contribution in [1.82, 2.24) is 5.32 Å². The number of unbranched alkanes of at least 4 members (excludes halogenated alkanes) is 49. The number of rotatable bonds is 64. The average molecular weight is 1060 g/mol. The van der Waals surface area contributed by atoms with Gasteiger partial charge in [-0.3, -0.25) is 9.59 Å². The summed E-state index contributed by atoms with van der Waals surface area (Å²) in [6.45, 7) is 4.96. The molecular formula is C69H133NO5. The summed E-state index contributed by atoms with van der Waals surface area (Å²) in [5.74, 6) is -0.0510. The fourth-order valence-corrected chi connectivity index (χ4v) is 10.7. The van der Waals surface area contributed by atoms with Crippen LogP contribution in [0, 0.1) is 0 Å². The molecule has 0 bridgehead atoms. The monoisotopic (exact) mass is 1060 g/mol. The van der Waals surface area contributed by atoms with Crippen molar-refractivity contribution in [2.45, 2.75) is 392 Å². The highest BCUT2D eigenvalue weighted by Gasteiger charge is 2.20. The number of carbonyl (C=O) groups is 2. The van der Waals surface area contributed by atoms with E-state index < -0.39 is 12.1 Å². The summed E-state index contributed by atoms with van der Waals surface area (Å²) in [5, 5.41) is 23.4. The van der Waals surface area contributed by atoms with Crippen LogP contribution in [0.25, 0.3) is 0 Å². The molecule has 2 unspecified atom stereocenters. The number of aliphatic hydroxyl groups excluding tert-OH is 2. The number of hydrogen-bond donors (Lipinski definition) is 3. The molecule has 3 N–H and O–H groups in total. The summed E-state index contributed by atoms with van der Waals surface area (Å²) < 4.78 is 5.48. The van der Waals surface area contributed by atoms with Crippen LogP contribution in [0.15, 0.2) is 24.3 Å². The van der Waals surface area contributed by atoms with Crippen LogP contribution in [0.2, 0.25) is 0 Å². The van der Waals surface area contributed by atoms with E-state index >= 15 is 0 Å². The summed E-state index contributed by atoms with van der Waals surface area (Å²) in [4.78, 5) is 24.6. The minimum atomic E-state index is -0.674. The predicted molar refractivity (Wildman–Crippen MR) is 329 cm³/mol. The van der Waals surface area contributed by atoms with Crippen molar-refractivity contribution in [3.63, 3.8) is 0 Å². The van der Waals surface area contributed by atoms with Crippen LogP contribution in [0.5, 0.6) is 0 Å². The lowest BCUT2D eigenvalue weighted by molar-refractivity contribution is -0.143. The number of amides is 1. The van der Waals surface area contributed by atoms with E-state index in [2.05, 4.69) is 43.5 Å². The van der Waals surface area contributed by atoms with E-state index in [4.69, 9.17) is 4.74 Å². The third kappa shape index (κ3) is 61.4. The number of allylic oxidation sites excluding steroid dienone is 4. The highest BCUT2D eigenvalue weighted by Crippen LogP contribution is 2.18. The highest BCUT2D eigenvalue weighted by molar-refractivity contribution is 5.76. The molecule has 0 aliphatic rings. The molecule has 6 nitrogen and oxygen atoms in total. The maximum absolute atomic E-state index is 12.5. The normalized spacial score (nSPS) is 12.6. The van der Waals surface area contributed by atoms with Gasteiger partial charge in [-0.15, -0.1) is 0 Å². The first kappa shape index (κ1) is 73.3. The van der Waals surface area contributed by atoms with Gasteiger partial charge >= 0.3 is 5.97 Å². The Morgan fingerprint density at radius 2 is 0.627 bits per heavy atom. The van der Waals surface area contributed by atoms with Crippen LogP contribution in [0.4, 0.5) is 0 Å². The van der Waals surface area contributed by atoms with Crippen LogP contribution < -0.4 is 5.32 Å². The number of aliphatic hydroxyl groups is 2. The molecule has 0 rings (SSSR count). The van der Waals surface area contributed by atoms with Gasteiger partial charge in [0.1, 0.15) is 0 Å². The number of ether oxygens (including phenoxy) is 1. The molecule has 0 saturated carbocycles. The average Bonchev–Trinajstić information content (AvgIpc) is 3.41. The maximum atomic E-state index is 12.5. The molecule has 75 heavy (non-hydrogen) atoms. The van der Waals surface area contributed by atoms with E-state index in [0.29, 0.717) is 25.9 Å². The number of esters is 1. The summed E-state index contributed by atoms with van der Waals surface area (Å²) in [6.07, 6.45) is 80.6. The van der Waals surface area contributed by atoms with Crippen molar-refractivity contribution in [3.8, 4) is 0 Å². The molecule has 6 heteroatoms. The van der Waals surface area contributed by atoms with Gasteiger partial charge in [-0.05, 0) is 77.0 Å². The Labute approximate surface area is 469 Å². The first-order chi connectivity index (χ1) is 37.0. The Morgan fingerprint density at radius 3 is 0.947 bits per heavy atom. The Balaban J connectivity index is 3.44. The SMILES string of the molecule is CCCCCCCCC/C=C\CCCCCCCC(=O)OCCCCCCCC/C=C\CCCCCCCCCC(=O)NC(CO)C(O)CCCCCCCCCCCCCCCCCCCCCCCCCCC. The van der Waals surface area contributed by atoms with Crippen molar-refractivity contribution >= 4 is 11.9 Å². The standard InChI is InChI=1S/C69H133NO5/c1-3-5-7-9-11-13-15-17-19-21-22-23-24-25-26-27-28-30-33-37-41-45-49-53-57-61-67(72)66(65-71)70-68(73)62-58-54-50-46-42-38-34-31-29-32-36-40-44-48-52-56-60-64-75-69(74)63-59-55-51-47-43-39-35-20-18-16-14-12-10-8-6-4-2/h20,29,32,35,66-67,71-72H,3-19,21-28,30-31,33-34,36-65H2,1-2H3,(H,70,73)/b32-29-,35-20-. The quantitative estimate of drug-likeness (QED) is 0.0320. The topological polar surface area (TPSA) is 95.9 Å². The summed E-state index contributed by atoms with van der Waals surface area (Å²) in [7, 11) is 0. The second kappa shape index (κ2) is 64.9. The van der Waals surface area contributed by atoms with Gasteiger partial charge in [0.05, 0.1) is 25.4 Å². The minimum Gasteiger partial charge on any atom is -0.466 e. The molecule has 0 radical (unpaired) electrons. The Morgan fingerprint density at radius 1 is 0.360 bits per heavy atom. The zero-order valence-electron chi connectivity index (χ0n) is 50.8. The molecule has 444 valence electrons. The lowest BCUT2D eigenvalue weighted by atomic mass is 10.0. The minimum absolute atomic E-state index is 0.00807. The van der Waals surface area contributed by atoms with E-state index in [0.717, 1.165) is 57.8 Å². The molecule has 0 aromatic rings. The van der Waals surface area contributed by atoms with Gasteiger partial charge < -0.3 is 20.3 Å². The van der Waals surface area contributed by atoms with E-state index in [1.165, 1.54) is 289 Å². The van der Waals surface area contributed by atoms with E-state index in [1.54, 1.807) is 0 Å². The van der Waals surface area contributed by atoms with Crippen LogP contribution in [0.1, 0.15) is 380 Å². The molecule has 0 aliphatic carbocycles. The van der Waals surface area contributed by atoms with Crippen molar-refractivity contribution < 1.29 is 24.5 Å². The summed E-state index contributed by atoms with van der Waals surface area (Å²) in [5.41, 5.74) is 0. The van der Waals surface area contributed by atoms with Crippen molar-refractivity contribution in [1.29, 1.82) is 0 Å². The summed E-state index contributed by atoms with van der Waals surface area (Å²) >= 11 is 0. The third-order valence-corrected chi connectivity index (χ3v) is 16.0. The number of hydrogen-bond acceptors (Lipinski definition) is 5. The molecular weight excluding hydrogens is 923 g/mol. The molecule has 0 aromatic carbocycles. The first-order valence-electron chi connectivity index (χ1n) is 34.1. The van der Waals surface area contributed by atoms with E-state index in [-0.39, 0.29) is 18.5 Å². The third-order valence-electron chi connectivity index (χ3n) is 16.0. The fourth-order valence-electron chi connectivity index (χ4n) is 10.7. The van der Waals surface area contributed by atoms with Gasteiger partial charge in [-0.1, -0.05) is 314 Å². The smallest absolute Gasteiger partial charge is 0.305 e. The molecule has 1 amide bonds. The Kier molecular flexibility index (Phi) is 63.4. The van der Waals surface area contributed by atoms with Crippen molar-refractivity contribution in [2.75, 3.05) is 13.2 Å². The molecule has 2 atom stereocenters. The highest BCUT2D eigenvalue weighted by atomic mass is 16.5. The molecule has 0 aromatic heterocycles. The maximum Gasteiger partial charge on any atom is 0.305 e. The largest absolute Gasteiger partial charge is 0.466 e. The predicted octanol–water partition coefficient (Wildman–Crippen LogP) is 21.8. The molecule has 0 spiro atoms. The molecule has 0 fully saturated rings. The number of carbonyl (C=O) groups excluding carboxylic acids is 2. The van der Waals surface area contributed by atoms with Gasteiger partial charge in [-0.2, -0.15) is 0 Å². The summed E-state index contributed by atoms with van der Waals surface area (Å²) in [6, 6.07) is -0.552. The molecule has 0 saturated heterocycles. The first-order valence-corrected chi connectivity index (χ1v) is 34.1. The zero-order chi connectivity index (χ0) is 54.3. The van der Waals surface area contributed by atoms with Gasteiger partial charge in [-0.25, -0.2) is 0 Å². The van der Waals surface area contributed by atoms with E-state index in [1.807, 2.05) is 0 Å². The van der Waals surface area contributed by atoms with Crippen LogP contribution in [0.3, 0.4) is 0 Å². The Bertz CT molecular complexity index is 1170. The molecule has 0 aliphatic heterocycles.